The SMILES string of the molecule is CCc1cccc(C(NN)c2cc(C)oc2C)c1. The highest BCUT2D eigenvalue weighted by molar-refractivity contribution is 5.36. The highest BCUT2D eigenvalue weighted by Gasteiger charge is 2.17. The zero-order valence-electron chi connectivity index (χ0n) is 11.2. The minimum atomic E-state index is -0.0195. The molecule has 0 saturated carbocycles. The van der Waals surface area contributed by atoms with Gasteiger partial charge in [0.2, 0.25) is 0 Å². The van der Waals surface area contributed by atoms with Gasteiger partial charge in [0.25, 0.3) is 0 Å². The molecule has 1 atom stereocenters. The maximum Gasteiger partial charge on any atom is 0.106 e. The molecule has 1 unspecified atom stereocenters. The normalized spacial score (nSPS) is 12.7. The molecule has 0 aliphatic carbocycles. The monoisotopic (exact) mass is 244 g/mol. The van der Waals surface area contributed by atoms with Crippen molar-refractivity contribution in [3.8, 4) is 0 Å². The van der Waals surface area contributed by atoms with E-state index in [1.54, 1.807) is 0 Å². The summed E-state index contributed by atoms with van der Waals surface area (Å²) < 4.78 is 5.58. The Bertz CT molecular complexity index is 531. The van der Waals surface area contributed by atoms with Crippen LogP contribution < -0.4 is 11.3 Å². The summed E-state index contributed by atoms with van der Waals surface area (Å²) in [4.78, 5) is 0. The lowest BCUT2D eigenvalue weighted by molar-refractivity contribution is 0.495. The van der Waals surface area contributed by atoms with E-state index >= 15 is 0 Å². The number of hydrazine groups is 1. The standard InChI is InChI=1S/C15H20N2O/c1-4-12-6-5-7-13(9-12)15(17-16)14-8-10(2)18-11(14)3/h5-9,15,17H,4,16H2,1-3H3. The van der Waals surface area contributed by atoms with Gasteiger partial charge in [-0.15, -0.1) is 0 Å². The molecule has 3 heteroatoms. The number of furan rings is 1. The Morgan fingerprint density at radius 3 is 2.61 bits per heavy atom. The maximum atomic E-state index is 5.71. The van der Waals surface area contributed by atoms with Crippen molar-refractivity contribution in [2.24, 2.45) is 5.84 Å². The number of nitrogens with one attached hydrogen (secondary N) is 1. The first kappa shape index (κ1) is 12.9. The Morgan fingerprint density at radius 1 is 1.28 bits per heavy atom. The molecule has 18 heavy (non-hydrogen) atoms. The summed E-state index contributed by atoms with van der Waals surface area (Å²) in [5, 5.41) is 0. The molecule has 3 N–H and O–H groups in total. The van der Waals surface area contributed by atoms with E-state index in [0.717, 1.165) is 23.5 Å². The Labute approximate surface area is 108 Å². The van der Waals surface area contributed by atoms with Crippen LogP contribution in [0.5, 0.6) is 0 Å². The summed E-state index contributed by atoms with van der Waals surface area (Å²) in [6.45, 7) is 6.07. The van der Waals surface area contributed by atoms with Gasteiger partial charge in [0.1, 0.15) is 11.5 Å². The van der Waals surface area contributed by atoms with Crippen molar-refractivity contribution in [3.63, 3.8) is 0 Å². The van der Waals surface area contributed by atoms with Crippen molar-refractivity contribution in [2.75, 3.05) is 0 Å². The molecular formula is C15H20N2O. The fraction of sp³-hybridized carbons (Fsp3) is 0.333. The molecule has 0 spiro atoms. The summed E-state index contributed by atoms with van der Waals surface area (Å²) in [5.41, 5.74) is 6.46. The lowest BCUT2D eigenvalue weighted by atomic mass is 9.97. The molecule has 1 heterocycles. The fourth-order valence-electron chi connectivity index (χ4n) is 2.30. The second-order valence-corrected chi connectivity index (χ2v) is 4.57. The van der Waals surface area contributed by atoms with E-state index in [1.165, 1.54) is 11.1 Å². The molecule has 96 valence electrons. The molecule has 1 aromatic heterocycles. The average Bonchev–Trinajstić information content (AvgIpc) is 2.70. The second-order valence-electron chi connectivity index (χ2n) is 4.57. The first-order valence-electron chi connectivity index (χ1n) is 6.27. The first-order chi connectivity index (χ1) is 8.65. The van der Waals surface area contributed by atoms with Crippen LogP contribution in [0.15, 0.2) is 34.7 Å². The van der Waals surface area contributed by atoms with Gasteiger partial charge in [-0.1, -0.05) is 31.2 Å². The summed E-state index contributed by atoms with van der Waals surface area (Å²) in [5.74, 6) is 7.54. The van der Waals surface area contributed by atoms with Gasteiger partial charge in [-0.3, -0.25) is 5.84 Å². The summed E-state index contributed by atoms with van der Waals surface area (Å²) in [6, 6.07) is 10.5. The molecule has 2 rings (SSSR count). The first-order valence-corrected chi connectivity index (χ1v) is 6.27. The van der Waals surface area contributed by atoms with Crippen LogP contribution in [-0.2, 0) is 6.42 Å². The van der Waals surface area contributed by atoms with Gasteiger partial charge in [0.15, 0.2) is 0 Å². The Morgan fingerprint density at radius 2 is 2.06 bits per heavy atom. The molecule has 0 saturated heterocycles. The minimum Gasteiger partial charge on any atom is -0.466 e. The van der Waals surface area contributed by atoms with E-state index in [4.69, 9.17) is 10.3 Å². The zero-order valence-corrected chi connectivity index (χ0v) is 11.2. The van der Waals surface area contributed by atoms with Crippen molar-refractivity contribution in [2.45, 2.75) is 33.2 Å². The van der Waals surface area contributed by atoms with Gasteiger partial charge in [-0.25, -0.2) is 5.43 Å². The van der Waals surface area contributed by atoms with Crippen LogP contribution in [0.25, 0.3) is 0 Å². The van der Waals surface area contributed by atoms with E-state index in [1.807, 2.05) is 19.9 Å². The Balaban J connectivity index is 2.41. The van der Waals surface area contributed by atoms with Crippen molar-refractivity contribution < 1.29 is 4.42 Å². The molecule has 0 aliphatic rings. The third-order valence-corrected chi connectivity index (χ3v) is 3.25. The topological polar surface area (TPSA) is 51.2 Å². The molecular weight excluding hydrogens is 224 g/mol. The van der Waals surface area contributed by atoms with Crippen molar-refractivity contribution in [1.82, 2.24) is 5.43 Å². The molecule has 0 amide bonds. The molecule has 2 aromatic rings. The predicted octanol–water partition coefficient (Wildman–Crippen LogP) is 3.01. The lowest BCUT2D eigenvalue weighted by Gasteiger charge is -2.16. The molecule has 0 fully saturated rings. The number of aryl methyl sites for hydroxylation is 3. The highest BCUT2D eigenvalue weighted by atomic mass is 16.3. The Hall–Kier alpha value is -1.58. The summed E-state index contributed by atoms with van der Waals surface area (Å²) >= 11 is 0. The Kier molecular flexibility index (Phi) is 3.84. The third-order valence-electron chi connectivity index (χ3n) is 3.25. The number of rotatable bonds is 4. The number of nitrogens with two attached hydrogens (primary N) is 1. The smallest absolute Gasteiger partial charge is 0.106 e. The van der Waals surface area contributed by atoms with Gasteiger partial charge in [0.05, 0.1) is 6.04 Å². The van der Waals surface area contributed by atoms with Crippen molar-refractivity contribution in [3.05, 3.63) is 58.5 Å². The van der Waals surface area contributed by atoms with E-state index in [0.29, 0.717) is 0 Å². The number of hydrogen-bond donors (Lipinski definition) is 2. The van der Waals surface area contributed by atoms with Gasteiger partial charge in [0, 0.05) is 5.56 Å². The summed E-state index contributed by atoms with van der Waals surface area (Å²) in [6.07, 6.45) is 1.02. The van der Waals surface area contributed by atoms with Crippen LogP contribution >= 0.6 is 0 Å². The highest BCUT2D eigenvalue weighted by Crippen LogP contribution is 2.27. The third kappa shape index (κ3) is 2.47. The van der Waals surface area contributed by atoms with E-state index in [9.17, 15) is 0 Å². The largest absolute Gasteiger partial charge is 0.466 e. The summed E-state index contributed by atoms with van der Waals surface area (Å²) in [7, 11) is 0. The van der Waals surface area contributed by atoms with Crippen LogP contribution in [0, 0.1) is 13.8 Å². The van der Waals surface area contributed by atoms with Gasteiger partial charge >= 0.3 is 0 Å². The van der Waals surface area contributed by atoms with Crippen LogP contribution in [0.1, 0.15) is 41.2 Å². The van der Waals surface area contributed by atoms with Crippen LogP contribution in [0.4, 0.5) is 0 Å². The maximum absolute atomic E-state index is 5.71. The molecule has 0 bridgehead atoms. The zero-order chi connectivity index (χ0) is 13.1. The lowest BCUT2D eigenvalue weighted by Crippen LogP contribution is -2.29. The van der Waals surface area contributed by atoms with Crippen molar-refractivity contribution >= 4 is 0 Å². The van der Waals surface area contributed by atoms with Crippen molar-refractivity contribution in [1.29, 1.82) is 0 Å². The molecule has 0 radical (unpaired) electrons. The molecule has 3 nitrogen and oxygen atoms in total. The van der Waals surface area contributed by atoms with Crippen LogP contribution in [0.3, 0.4) is 0 Å². The quantitative estimate of drug-likeness (QED) is 0.642. The van der Waals surface area contributed by atoms with Gasteiger partial charge < -0.3 is 4.42 Å². The number of hydrogen-bond acceptors (Lipinski definition) is 3. The molecule has 0 aliphatic heterocycles. The van der Waals surface area contributed by atoms with Gasteiger partial charge in [-0.05, 0) is 37.5 Å². The van der Waals surface area contributed by atoms with Crippen LogP contribution in [-0.4, -0.2) is 0 Å². The van der Waals surface area contributed by atoms with Gasteiger partial charge in [-0.2, -0.15) is 0 Å². The second kappa shape index (κ2) is 5.38. The minimum absolute atomic E-state index is 0.0195. The number of benzene rings is 1. The average molecular weight is 244 g/mol. The van der Waals surface area contributed by atoms with E-state index < -0.39 is 0 Å². The van der Waals surface area contributed by atoms with E-state index in [-0.39, 0.29) is 6.04 Å². The van der Waals surface area contributed by atoms with Crippen LogP contribution in [0.2, 0.25) is 0 Å². The fourth-order valence-corrected chi connectivity index (χ4v) is 2.30. The predicted molar refractivity (Wildman–Crippen MR) is 73.2 cm³/mol. The molecule has 1 aromatic carbocycles. The van der Waals surface area contributed by atoms with E-state index in [2.05, 4.69) is 36.6 Å².